The number of carbonyl (C=O) groups excluding carboxylic acids is 1. The normalized spacial score (nSPS) is 58.3. The van der Waals surface area contributed by atoms with Gasteiger partial charge in [0.2, 0.25) is 0 Å². The van der Waals surface area contributed by atoms with Crippen molar-refractivity contribution < 1.29 is 19.4 Å². The van der Waals surface area contributed by atoms with E-state index in [1.165, 1.54) is 0 Å². The summed E-state index contributed by atoms with van der Waals surface area (Å²) in [5.74, 6) is 1.00. The number of ether oxygens (including phenoxy) is 2. The van der Waals surface area contributed by atoms with Gasteiger partial charge >= 0.3 is 5.97 Å². The number of esters is 1. The molecule has 21 heavy (non-hydrogen) atoms. The van der Waals surface area contributed by atoms with Gasteiger partial charge in [0.25, 0.3) is 0 Å². The van der Waals surface area contributed by atoms with Crippen LogP contribution < -0.4 is 0 Å². The van der Waals surface area contributed by atoms with Crippen molar-refractivity contribution >= 4 is 5.97 Å². The summed E-state index contributed by atoms with van der Waals surface area (Å²) >= 11 is 0. The highest BCUT2D eigenvalue weighted by molar-refractivity contribution is 5.73. The van der Waals surface area contributed by atoms with Crippen molar-refractivity contribution in [2.24, 2.45) is 22.7 Å². The molecule has 0 aromatic rings. The molecule has 2 saturated carbocycles. The van der Waals surface area contributed by atoms with E-state index in [9.17, 15) is 9.90 Å². The third-order valence-corrected chi connectivity index (χ3v) is 7.28. The minimum atomic E-state index is -0.522. The molecule has 4 fully saturated rings. The highest BCUT2D eigenvalue weighted by atomic mass is 16.6. The largest absolute Gasteiger partial charge is 0.462 e. The van der Waals surface area contributed by atoms with Crippen LogP contribution >= 0.6 is 0 Å². The fourth-order valence-electron chi connectivity index (χ4n) is 5.78. The molecule has 4 aliphatic rings. The molecule has 1 spiro atoms. The Morgan fingerprint density at radius 2 is 1.95 bits per heavy atom. The Hall–Kier alpha value is -0.610. The maximum absolute atomic E-state index is 11.8. The molecule has 1 N–H and O–H groups in total. The Kier molecular flexibility index (Phi) is 2.55. The fraction of sp³-hybridized carbons (Fsp3) is 0.941. The average molecular weight is 294 g/mol. The average Bonchev–Trinajstić information content (AvgIpc) is 2.93. The fourth-order valence-corrected chi connectivity index (χ4v) is 5.78. The lowest BCUT2D eigenvalue weighted by Gasteiger charge is -2.41. The summed E-state index contributed by atoms with van der Waals surface area (Å²) in [4.78, 5) is 11.8. The predicted molar refractivity (Wildman–Crippen MR) is 76.5 cm³/mol. The van der Waals surface area contributed by atoms with E-state index in [0.29, 0.717) is 30.8 Å². The summed E-state index contributed by atoms with van der Waals surface area (Å²) in [7, 11) is 0. The molecule has 2 heterocycles. The molecule has 0 unspecified atom stereocenters. The summed E-state index contributed by atoms with van der Waals surface area (Å²) in [6, 6.07) is 0. The monoisotopic (exact) mass is 294 g/mol. The van der Waals surface area contributed by atoms with Crippen LogP contribution in [0.1, 0.15) is 53.4 Å². The number of hydrogen-bond donors (Lipinski definition) is 1. The van der Waals surface area contributed by atoms with Crippen molar-refractivity contribution in [1.82, 2.24) is 0 Å². The van der Waals surface area contributed by atoms with Crippen molar-refractivity contribution in [3.8, 4) is 0 Å². The molecule has 2 aliphatic carbocycles. The lowest BCUT2D eigenvalue weighted by molar-refractivity contribution is -0.144. The molecule has 2 aliphatic heterocycles. The van der Waals surface area contributed by atoms with Crippen molar-refractivity contribution in [1.29, 1.82) is 0 Å². The summed E-state index contributed by atoms with van der Waals surface area (Å²) in [5.41, 5.74) is -0.627. The lowest BCUT2D eigenvalue weighted by atomic mass is 9.65. The first kappa shape index (κ1) is 14.0. The quantitative estimate of drug-likeness (QED) is 0.595. The second-order valence-electron chi connectivity index (χ2n) is 8.58. The third kappa shape index (κ3) is 1.51. The molecule has 0 aromatic carbocycles. The maximum atomic E-state index is 11.8. The van der Waals surface area contributed by atoms with Crippen LogP contribution in [0.4, 0.5) is 0 Å². The Morgan fingerprint density at radius 3 is 2.62 bits per heavy atom. The van der Waals surface area contributed by atoms with Gasteiger partial charge in [0.1, 0.15) is 11.7 Å². The number of rotatable bonds is 1. The van der Waals surface area contributed by atoms with Crippen LogP contribution in [-0.2, 0) is 14.3 Å². The van der Waals surface area contributed by atoms with Gasteiger partial charge < -0.3 is 14.6 Å². The Labute approximate surface area is 126 Å². The van der Waals surface area contributed by atoms with E-state index >= 15 is 0 Å². The predicted octanol–water partition coefficient (Wildman–Crippen LogP) is 2.28. The first-order valence-electron chi connectivity index (χ1n) is 8.28. The van der Waals surface area contributed by atoms with Crippen LogP contribution in [0.2, 0.25) is 0 Å². The van der Waals surface area contributed by atoms with Crippen LogP contribution in [-0.4, -0.2) is 35.0 Å². The van der Waals surface area contributed by atoms with E-state index in [2.05, 4.69) is 20.8 Å². The molecule has 7 atom stereocenters. The molecule has 118 valence electrons. The van der Waals surface area contributed by atoms with Gasteiger partial charge in [-0.15, -0.1) is 0 Å². The Morgan fingerprint density at radius 1 is 1.24 bits per heavy atom. The summed E-state index contributed by atoms with van der Waals surface area (Å²) < 4.78 is 11.7. The lowest BCUT2D eigenvalue weighted by Crippen LogP contribution is -2.42. The zero-order valence-electron chi connectivity index (χ0n) is 13.4. The molecule has 2 saturated heterocycles. The summed E-state index contributed by atoms with van der Waals surface area (Å²) in [6.07, 6.45) is 2.50. The first-order valence-corrected chi connectivity index (χ1v) is 8.28. The zero-order chi connectivity index (χ0) is 15.2. The maximum Gasteiger partial charge on any atom is 0.306 e. The summed E-state index contributed by atoms with van der Waals surface area (Å²) in [6.45, 7) is 8.86. The molecular formula is C17H26O4. The molecule has 0 bridgehead atoms. The van der Waals surface area contributed by atoms with Crippen LogP contribution in [0.5, 0.6) is 0 Å². The van der Waals surface area contributed by atoms with Gasteiger partial charge in [-0.25, -0.2) is 0 Å². The van der Waals surface area contributed by atoms with Crippen LogP contribution in [0, 0.1) is 22.7 Å². The second kappa shape index (κ2) is 3.83. The van der Waals surface area contributed by atoms with Gasteiger partial charge in [-0.2, -0.15) is 0 Å². The highest BCUT2D eigenvalue weighted by Gasteiger charge is 2.78. The third-order valence-electron chi connectivity index (χ3n) is 7.28. The molecule has 0 aromatic heterocycles. The van der Waals surface area contributed by atoms with E-state index in [1.54, 1.807) is 0 Å². The minimum absolute atomic E-state index is 0.000139. The van der Waals surface area contributed by atoms with Gasteiger partial charge in [0.05, 0.1) is 18.6 Å². The van der Waals surface area contributed by atoms with Gasteiger partial charge in [-0.05, 0) is 24.7 Å². The van der Waals surface area contributed by atoms with Gasteiger partial charge in [-0.1, -0.05) is 27.7 Å². The van der Waals surface area contributed by atoms with E-state index in [1.807, 2.05) is 6.92 Å². The van der Waals surface area contributed by atoms with Gasteiger partial charge in [0, 0.05) is 17.3 Å². The summed E-state index contributed by atoms with van der Waals surface area (Å²) in [5, 5.41) is 10.8. The molecule has 4 nitrogen and oxygen atoms in total. The number of aliphatic hydroxyl groups is 1. The minimum Gasteiger partial charge on any atom is -0.462 e. The number of hydrogen-bond acceptors (Lipinski definition) is 4. The SMILES string of the molecule is CC(C)[C@@H]1C[C@H]2O[C@]23C[C@@H](O)[C@]2(C)CC(=O)O[C@@H]2C[C@@]13C. The molecule has 4 rings (SSSR count). The molecule has 4 heteroatoms. The molecular weight excluding hydrogens is 268 g/mol. The van der Waals surface area contributed by atoms with Crippen LogP contribution in [0.15, 0.2) is 0 Å². The van der Waals surface area contributed by atoms with E-state index in [4.69, 9.17) is 9.47 Å². The highest BCUT2D eigenvalue weighted by Crippen LogP contribution is 2.71. The number of fused-ring (bicyclic) bond motifs is 1. The van der Waals surface area contributed by atoms with Gasteiger partial charge in [0.15, 0.2) is 0 Å². The smallest absolute Gasteiger partial charge is 0.306 e. The van der Waals surface area contributed by atoms with E-state index in [0.717, 1.165) is 12.8 Å². The van der Waals surface area contributed by atoms with Crippen molar-refractivity contribution in [2.75, 3.05) is 0 Å². The topological polar surface area (TPSA) is 59.1 Å². The molecule has 0 radical (unpaired) electrons. The standard InChI is InChI=1S/C17H26O4/c1-9(2)10-5-12-17(21-12)6-11(18)15(3)8-14(19)20-13(15)7-16(10,17)4/h9-13,18H,5-8H2,1-4H3/t10-,11+,12+,13+,15-,16-,17+/m0/s1. The number of aliphatic hydroxyl groups excluding tert-OH is 1. The Balaban J connectivity index is 1.76. The van der Waals surface area contributed by atoms with Gasteiger partial charge in [-0.3, -0.25) is 4.79 Å². The number of carbonyl (C=O) groups is 1. The molecule has 0 amide bonds. The van der Waals surface area contributed by atoms with Crippen molar-refractivity contribution in [3.05, 3.63) is 0 Å². The zero-order valence-corrected chi connectivity index (χ0v) is 13.4. The number of epoxide rings is 1. The first-order chi connectivity index (χ1) is 9.73. The van der Waals surface area contributed by atoms with E-state index < -0.39 is 11.5 Å². The van der Waals surface area contributed by atoms with E-state index in [-0.39, 0.29) is 23.1 Å². The Bertz CT molecular complexity index is 503. The second-order valence-corrected chi connectivity index (χ2v) is 8.58. The van der Waals surface area contributed by atoms with Crippen LogP contribution in [0.3, 0.4) is 0 Å². The van der Waals surface area contributed by atoms with Crippen LogP contribution in [0.25, 0.3) is 0 Å². The van der Waals surface area contributed by atoms with Crippen molar-refractivity contribution in [3.63, 3.8) is 0 Å². The van der Waals surface area contributed by atoms with Crippen molar-refractivity contribution in [2.45, 2.75) is 77.3 Å².